The van der Waals surface area contributed by atoms with Gasteiger partial charge in [0.25, 0.3) is 0 Å². The third kappa shape index (κ3) is 5.19. The van der Waals surface area contributed by atoms with Gasteiger partial charge in [0.1, 0.15) is 5.66 Å². The number of alkyl halides is 3. The van der Waals surface area contributed by atoms with Gasteiger partial charge in [0.15, 0.2) is 12.9 Å². The molecule has 0 aliphatic carbocycles. The van der Waals surface area contributed by atoms with Crippen LogP contribution in [0.4, 0.5) is 13.2 Å². The topological polar surface area (TPSA) is 34.1 Å². The molecule has 0 aromatic heterocycles. The number of rotatable bonds is 7. The van der Waals surface area contributed by atoms with Gasteiger partial charge in [-0.05, 0) is 29.5 Å². The normalized spacial score (nSPS) is 12.8. The van der Waals surface area contributed by atoms with E-state index in [9.17, 15) is 18.0 Å². The van der Waals surface area contributed by atoms with Gasteiger partial charge in [-0.1, -0.05) is 103 Å². The predicted octanol–water partition coefficient (Wildman–Crippen LogP) is 7.24. The van der Waals surface area contributed by atoms with Gasteiger partial charge < -0.3 is 4.57 Å². The van der Waals surface area contributed by atoms with Crippen molar-refractivity contribution in [2.75, 3.05) is 0 Å². The fourth-order valence-electron chi connectivity index (χ4n) is 3.89. The van der Waals surface area contributed by atoms with E-state index in [1.807, 2.05) is 18.2 Å². The molecule has 0 amide bonds. The maximum Gasteiger partial charge on any atom is 0.446 e. The minimum atomic E-state index is -4.42. The first-order valence-corrected chi connectivity index (χ1v) is 13.0. The molecule has 0 radical (unpaired) electrons. The SMILES string of the molecule is O=C(c1ccc(SC(F)(F)F)cc1)C(c1ccccc1)P(=O)(c1ccccc1)c1ccccc1. The maximum absolute atomic E-state index is 15.0. The van der Waals surface area contributed by atoms with Gasteiger partial charge in [-0.25, -0.2) is 0 Å². The van der Waals surface area contributed by atoms with Gasteiger partial charge in [-0.2, -0.15) is 13.2 Å². The lowest BCUT2D eigenvalue weighted by atomic mass is 10.0. The van der Waals surface area contributed by atoms with Crippen LogP contribution in [0.5, 0.6) is 0 Å². The second kappa shape index (κ2) is 10.0. The van der Waals surface area contributed by atoms with Gasteiger partial charge in [0.05, 0.1) is 0 Å². The lowest BCUT2D eigenvalue weighted by Crippen LogP contribution is -2.26. The molecule has 0 aliphatic rings. The van der Waals surface area contributed by atoms with Crippen LogP contribution in [-0.4, -0.2) is 11.3 Å². The van der Waals surface area contributed by atoms with E-state index in [2.05, 4.69) is 0 Å². The average Bonchev–Trinajstić information content (AvgIpc) is 2.85. The van der Waals surface area contributed by atoms with Crippen LogP contribution < -0.4 is 10.6 Å². The highest BCUT2D eigenvalue weighted by Crippen LogP contribution is 2.58. The first-order valence-electron chi connectivity index (χ1n) is 10.4. The van der Waals surface area contributed by atoms with E-state index in [4.69, 9.17) is 0 Å². The summed E-state index contributed by atoms with van der Waals surface area (Å²) >= 11 is -0.241. The molecule has 0 N–H and O–H groups in total. The van der Waals surface area contributed by atoms with E-state index >= 15 is 4.57 Å². The minimum absolute atomic E-state index is 0.0189. The maximum atomic E-state index is 15.0. The van der Waals surface area contributed by atoms with Crippen molar-refractivity contribution in [2.24, 2.45) is 0 Å². The Hall–Kier alpha value is -3.08. The zero-order valence-electron chi connectivity index (χ0n) is 17.9. The van der Waals surface area contributed by atoms with Crippen molar-refractivity contribution in [3.8, 4) is 0 Å². The summed E-state index contributed by atoms with van der Waals surface area (Å²) in [6, 6.07) is 31.9. The first kappa shape index (κ1) is 24.1. The van der Waals surface area contributed by atoms with E-state index in [1.165, 1.54) is 24.3 Å². The third-order valence-electron chi connectivity index (χ3n) is 5.38. The van der Waals surface area contributed by atoms with Crippen LogP contribution in [0.2, 0.25) is 0 Å². The molecule has 34 heavy (non-hydrogen) atoms. The van der Waals surface area contributed by atoms with Crippen LogP contribution in [0.1, 0.15) is 21.6 Å². The summed E-state index contributed by atoms with van der Waals surface area (Å²) in [6.07, 6.45) is 0. The number of thioether (sulfide) groups is 1. The van der Waals surface area contributed by atoms with E-state index in [1.54, 1.807) is 72.8 Å². The number of carbonyl (C=O) groups excluding carboxylic acids is 1. The zero-order valence-corrected chi connectivity index (χ0v) is 19.6. The number of benzene rings is 4. The van der Waals surface area contributed by atoms with Gasteiger partial charge in [-0.3, -0.25) is 4.79 Å². The van der Waals surface area contributed by atoms with Crippen LogP contribution in [-0.2, 0) is 4.57 Å². The van der Waals surface area contributed by atoms with Crippen LogP contribution in [0.15, 0.2) is 120 Å². The second-order valence-corrected chi connectivity index (χ2v) is 11.6. The molecule has 4 aromatic rings. The monoisotopic (exact) mass is 496 g/mol. The molecule has 7 heteroatoms. The Balaban J connectivity index is 1.87. The summed E-state index contributed by atoms with van der Waals surface area (Å²) in [5.74, 6) is -0.411. The Bertz CT molecular complexity index is 1250. The number of hydrogen-bond donors (Lipinski definition) is 0. The summed E-state index contributed by atoms with van der Waals surface area (Å²) in [6.45, 7) is 0. The molecule has 0 aliphatic heterocycles. The molecule has 4 aromatic carbocycles. The highest BCUT2D eigenvalue weighted by atomic mass is 32.2. The van der Waals surface area contributed by atoms with Crippen molar-refractivity contribution >= 4 is 35.3 Å². The molecule has 1 unspecified atom stereocenters. The molecule has 2 nitrogen and oxygen atoms in total. The molecule has 0 spiro atoms. The van der Waals surface area contributed by atoms with Crippen LogP contribution in [0.25, 0.3) is 0 Å². The van der Waals surface area contributed by atoms with Gasteiger partial charge >= 0.3 is 5.51 Å². The first-order chi connectivity index (χ1) is 16.3. The molecule has 0 saturated heterocycles. The molecule has 0 fully saturated rings. The van der Waals surface area contributed by atoms with Crippen molar-refractivity contribution in [3.63, 3.8) is 0 Å². The third-order valence-corrected chi connectivity index (χ3v) is 9.51. The van der Waals surface area contributed by atoms with Crippen molar-refractivity contribution in [1.29, 1.82) is 0 Å². The summed E-state index contributed by atoms with van der Waals surface area (Å²) in [4.78, 5) is 13.9. The Morgan fingerprint density at radius 3 is 1.56 bits per heavy atom. The van der Waals surface area contributed by atoms with Crippen molar-refractivity contribution in [3.05, 3.63) is 126 Å². The fourth-order valence-corrected chi connectivity index (χ4v) is 7.62. The summed E-state index contributed by atoms with van der Waals surface area (Å²) in [5.41, 5.74) is -4.68. The smallest absolute Gasteiger partial charge is 0.313 e. The molecular formula is C27H20F3O2PS. The predicted molar refractivity (Wildman–Crippen MR) is 132 cm³/mol. The Morgan fingerprint density at radius 2 is 1.12 bits per heavy atom. The fraction of sp³-hybridized carbons (Fsp3) is 0.0741. The number of carbonyl (C=O) groups is 1. The summed E-state index contributed by atoms with van der Waals surface area (Å²) in [5, 5.41) is 1.07. The zero-order chi connectivity index (χ0) is 24.2. The lowest BCUT2D eigenvalue weighted by molar-refractivity contribution is -0.0328. The number of Topliss-reactive ketones (excluding diaryl/α,β-unsaturated/α-hetero) is 1. The lowest BCUT2D eigenvalue weighted by Gasteiger charge is -2.28. The minimum Gasteiger partial charge on any atom is -0.313 e. The standard InChI is InChI=1S/C27H20F3O2PS/c28-27(29,30)34-24-18-16-20(17-19-24)25(31)26(21-10-4-1-5-11-21)33(32,22-12-6-2-7-13-22)23-14-8-3-9-15-23/h1-19,26H. The van der Waals surface area contributed by atoms with Gasteiger partial charge in [0.2, 0.25) is 0 Å². The molecular weight excluding hydrogens is 476 g/mol. The highest BCUT2D eigenvalue weighted by molar-refractivity contribution is 8.00. The summed E-state index contributed by atoms with van der Waals surface area (Å²) in [7, 11) is -3.56. The van der Waals surface area contributed by atoms with Crippen molar-refractivity contribution < 1.29 is 22.5 Å². The van der Waals surface area contributed by atoms with E-state index in [0.29, 0.717) is 16.2 Å². The number of halogens is 3. The quantitative estimate of drug-likeness (QED) is 0.154. The molecule has 4 rings (SSSR count). The Labute approximate surface area is 200 Å². The Kier molecular flexibility index (Phi) is 7.11. The highest BCUT2D eigenvalue weighted by Gasteiger charge is 2.42. The Morgan fingerprint density at radius 1 is 0.676 bits per heavy atom. The van der Waals surface area contributed by atoms with Crippen LogP contribution >= 0.6 is 18.9 Å². The molecule has 0 heterocycles. The molecule has 0 bridgehead atoms. The largest absolute Gasteiger partial charge is 0.446 e. The van der Waals surface area contributed by atoms with Crippen LogP contribution in [0, 0.1) is 0 Å². The van der Waals surface area contributed by atoms with E-state index < -0.39 is 24.1 Å². The molecule has 1 atom stereocenters. The number of ketones is 1. The van der Waals surface area contributed by atoms with E-state index in [0.717, 1.165) is 0 Å². The summed E-state index contributed by atoms with van der Waals surface area (Å²) < 4.78 is 53.2. The average molecular weight is 496 g/mol. The van der Waals surface area contributed by atoms with Crippen molar-refractivity contribution in [1.82, 2.24) is 0 Å². The second-order valence-electron chi connectivity index (χ2n) is 7.58. The van der Waals surface area contributed by atoms with E-state index in [-0.39, 0.29) is 22.2 Å². The van der Waals surface area contributed by atoms with Gasteiger partial charge in [-0.15, -0.1) is 0 Å². The molecule has 172 valence electrons. The molecule has 0 saturated carbocycles. The van der Waals surface area contributed by atoms with Gasteiger partial charge in [0, 0.05) is 21.1 Å². The van der Waals surface area contributed by atoms with Crippen molar-refractivity contribution in [2.45, 2.75) is 16.1 Å². The van der Waals surface area contributed by atoms with Crippen LogP contribution in [0.3, 0.4) is 0 Å². The number of hydrogen-bond acceptors (Lipinski definition) is 3.